The van der Waals surface area contributed by atoms with Crippen LogP contribution < -0.4 is 5.11 Å². The highest BCUT2D eigenvalue weighted by atomic mass is 16.6. The maximum Gasteiger partial charge on any atom is 0.270 e. The molecule has 0 saturated heterocycles. The molecule has 0 amide bonds. The smallest absolute Gasteiger partial charge is 0.270 e. The van der Waals surface area contributed by atoms with Gasteiger partial charge in [-0.25, -0.2) is 0 Å². The molecule has 0 aliphatic heterocycles. The maximum absolute atomic E-state index is 11.9. The third-order valence-electron chi connectivity index (χ3n) is 2.53. The van der Waals surface area contributed by atoms with Gasteiger partial charge in [0.25, 0.3) is 5.69 Å². The van der Waals surface area contributed by atoms with Crippen LogP contribution in [-0.2, 0) is 0 Å². The van der Waals surface area contributed by atoms with Gasteiger partial charge < -0.3 is 5.11 Å². The summed E-state index contributed by atoms with van der Waals surface area (Å²) in [4.78, 5) is 25.8. The summed E-state index contributed by atoms with van der Waals surface area (Å²) in [6.07, 6.45) is 4.18. The molecule has 2 rings (SSSR count). The molecular formula is C14H9N2O4-. The van der Waals surface area contributed by atoms with Crippen LogP contribution in [0.2, 0.25) is 0 Å². The van der Waals surface area contributed by atoms with E-state index in [4.69, 9.17) is 0 Å². The number of pyridine rings is 1. The average molecular weight is 269 g/mol. The largest absolute Gasteiger partial charge is 0.872 e. The van der Waals surface area contributed by atoms with Gasteiger partial charge in [-0.3, -0.25) is 19.9 Å². The molecule has 0 fully saturated rings. The molecule has 0 N–H and O–H groups in total. The number of carbonyl (C=O) groups excluding carboxylic acids is 1. The highest BCUT2D eigenvalue weighted by Gasteiger charge is 2.10. The van der Waals surface area contributed by atoms with E-state index in [1.54, 1.807) is 24.4 Å². The van der Waals surface area contributed by atoms with Crippen LogP contribution in [0.5, 0.6) is 5.75 Å². The van der Waals surface area contributed by atoms with Crippen molar-refractivity contribution in [3.63, 3.8) is 0 Å². The molecule has 0 saturated carbocycles. The lowest BCUT2D eigenvalue weighted by atomic mass is 10.1. The molecule has 2 aromatic rings. The topological polar surface area (TPSA) is 96.2 Å². The first-order valence-corrected chi connectivity index (χ1v) is 5.67. The van der Waals surface area contributed by atoms with Crippen molar-refractivity contribution in [3.8, 4) is 5.75 Å². The number of nitrogens with zero attached hydrogens (tertiary/aromatic N) is 2. The van der Waals surface area contributed by atoms with Gasteiger partial charge >= 0.3 is 0 Å². The van der Waals surface area contributed by atoms with Crippen molar-refractivity contribution in [1.29, 1.82) is 0 Å². The lowest BCUT2D eigenvalue weighted by molar-refractivity contribution is -0.385. The molecular weight excluding hydrogens is 260 g/mol. The van der Waals surface area contributed by atoms with E-state index < -0.39 is 16.5 Å². The van der Waals surface area contributed by atoms with Crippen molar-refractivity contribution in [2.24, 2.45) is 0 Å². The molecule has 0 unspecified atom stereocenters. The van der Waals surface area contributed by atoms with Crippen molar-refractivity contribution < 1.29 is 14.8 Å². The minimum atomic E-state index is -0.654. The molecule has 0 atom stereocenters. The predicted molar refractivity (Wildman–Crippen MR) is 70.1 cm³/mol. The van der Waals surface area contributed by atoms with Gasteiger partial charge in [0, 0.05) is 23.9 Å². The fraction of sp³-hybridized carbons (Fsp3) is 0. The van der Waals surface area contributed by atoms with Crippen molar-refractivity contribution in [1.82, 2.24) is 4.98 Å². The second-order valence-electron chi connectivity index (χ2n) is 3.89. The van der Waals surface area contributed by atoms with Gasteiger partial charge in [-0.15, -0.1) is 0 Å². The van der Waals surface area contributed by atoms with Gasteiger partial charge in [0.15, 0.2) is 5.78 Å². The van der Waals surface area contributed by atoms with E-state index in [2.05, 4.69) is 4.98 Å². The third kappa shape index (κ3) is 3.05. The average Bonchev–Trinajstić information content (AvgIpc) is 2.46. The highest BCUT2D eigenvalue weighted by molar-refractivity contribution is 6.08. The number of hydrogen-bond donors (Lipinski definition) is 0. The Hall–Kier alpha value is -3.02. The van der Waals surface area contributed by atoms with E-state index in [0.717, 1.165) is 18.2 Å². The van der Waals surface area contributed by atoms with Crippen molar-refractivity contribution in [2.45, 2.75) is 0 Å². The van der Waals surface area contributed by atoms with Gasteiger partial charge in [-0.1, -0.05) is 17.9 Å². The van der Waals surface area contributed by atoms with Gasteiger partial charge in [-0.2, -0.15) is 0 Å². The van der Waals surface area contributed by atoms with Gasteiger partial charge in [-0.05, 0) is 24.3 Å². The normalized spacial score (nSPS) is 10.6. The lowest BCUT2D eigenvalue weighted by Gasteiger charge is -2.09. The van der Waals surface area contributed by atoms with Crippen molar-refractivity contribution >= 4 is 17.5 Å². The summed E-state index contributed by atoms with van der Waals surface area (Å²) in [5.41, 5.74) is 0.0318. The molecule has 1 aromatic carbocycles. The first-order valence-electron chi connectivity index (χ1n) is 5.67. The summed E-state index contributed by atoms with van der Waals surface area (Å²) < 4.78 is 0. The first kappa shape index (κ1) is 13.4. The highest BCUT2D eigenvalue weighted by Crippen LogP contribution is 2.21. The molecule has 1 heterocycles. The SMILES string of the molecule is O=C(/C=C/c1ccccn1)c1cc([N+](=O)[O-])ccc1[O-]. The third-order valence-corrected chi connectivity index (χ3v) is 2.53. The number of nitro benzene ring substituents is 1. The van der Waals surface area contributed by atoms with Crippen molar-refractivity contribution in [2.75, 3.05) is 0 Å². The number of allylic oxidation sites excluding steroid dienone is 1. The summed E-state index contributed by atoms with van der Waals surface area (Å²) in [7, 11) is 0. The van der Waals surface area contributed by atoms with E-state index in [-0.39, 0.29) is 11.3 Å². The summed E-state index contributed by atoms with van der Waals surface area (Å²) in [5.74, 6) is -1.14. The molecule has 1 aromatic heterocycles. The van der Waals surface area contributed by atoms with Crippen LogP contribution in [0.25, 0.3) is 6.08 Å². The predicted octanol–water partition coefficient (Wildman–Crippen LogP) is 1.96. The number of aromatic nitrogens is 1. The lowest BCUT2D eigenvalue weighted by Crippen LogP contribution is -2.03. The second kappa shape index (κ2) is 5.75. The number of non-ortho nitro benzene ring substituents is 1. The molecule has 0 spiro atoms. The Balaban J connectivity index is 2.27. The molecule has 20 heavy (non-hydrogen) atoms. The van der Waals surface area contributed by atoms with Crippen LogP contribution in [0.3, 0.4) is 0 Å². The van der Waals surface area contributed by atoms with Crippen LogP contribution in [0.1, 0.15) is 16.1 Å². The zero-order valence-electron chi connectivity index (χ0n) is 10.2. The quantitative estimate of drug-likeness (QED) is 0.366. The molecule has 0 bridgehead atoms. The Labute approximate surface area is 114 Å². The minimum Gasteiger partial charge on any atom is -0.872 e. The van der Waals surface area contributed by atoms with E-state index >= 15 is 0 Å². The van der Waals surface area contributed by atoms with Crippen LogP contribution in [-0.4, -0.2) is 15.7 Å². The summed E-state index contributed by atoms with van der Waals surface area (Å²) in [6.45, 7) is 0. The van der Waals surface area contributed by atoms with Crippen LogP contribution in [0, 0.1) is 10.1 Å². The molecule has 0 aliphatic rings. The molecule has 6 nitrogen and oxygen atoms in total. The Morgan fingerprint density at radius 2 is 2.05 bits per heavy atom. The number of ketones is 1. The Morgan fingerprint density at radius 3 is 2.70 bits per heavy atom. The molecule has 6 heteroatoms. The standard InChI is InChI=1S/C14H10N2O4/c17-13(6-4-10-3-1-2-8-15-10)12-9-11(16(19)20)5-7-14(12)18/h1-9,18H/p-1/b6-4+. The minimum absolute atomic E-state index is 0.230. The van der Waals surface area contributed by atoms with E-state index in [1.165, 1.54) is 12.2 Å². The second-order valence-corrected chi connectivity index (χ2v) is 3.89. The number of carbonyl (C=O) groups is 1. The molecule has 0 radical (unpaired) electrons. The Kier molecular flexibility index (Phi) is 3.85. The summed E-state index contributed by atoms with van der Waals surface area (Å²) in [5, 5.41) is 22.2. The van der Waals surface area contributed by atoms with Crippen LogP contribution >= 0.6 is 0 Å². The number of hydrogen-bond acceptors (Lipinski definition) is 5. The fourth-order valence-electron chi connectivity index (χ4n) is 1.55. The van der Waals surface area contributed by atoms with Gasteiger partial charge in [0.1, 0.15) is 0 Å². The van der Waals surface area contributed by atoms with E-state index in [9.17, 15) is 20.0 Å². The van der Waals surface area contributed by atoms with Crippen LogP contribution in [0.15, 0.2) is 48.7 Å². The molecule has 100 valence electrons. The van der Waals surface area contributed by atoms with E-state index in [0.29, 0.717) is 5.69 Å². The number of nitro groups is 1. The monoisotopic (exact) mass is 269 g/mol. The van der Waals surface area contributed by atoms with Crippen molar-refractivity contribution in [3.05, 3.63) is 70.0 Å². The Bertz CT molecular complexity index is 681. The van der Waals surface area contributed by atoms with Crippen LogP contribution in [0.4, 0.5) is 5.69 Å². The Morgan fingerprint density at radius 1 is 1.25 bits per heavy atom. The first-order chi connectivity index (χ1) is 9.58. The summed E-state index contributed by atoms with van der Waals surface area (Å²) >= 11 is 0. The fourth-order valence-corrected chi connectivity index (χ4v) is 1.55. The maximum atomic E-state index is 11.9. The van der Waals surface area contributed by atoms with Gasteiger partial charge in [0.2, 0.25) is 0 Å². The zero-order chi connectivity index (χ0) is 14.5. The van der Waals surface area contributed by atoms with E-state index in [1.807, 2.05) is 0 Å². The zero-order valence-corrected chi connectivity index (χ0v) is 10.2. The molecule has 0 aliphatic carbocycles. The number of rotatable bonds is 4. The summed E-state index contributed by atoms with van der Waals surface area (Å²) in [6, 6.07) is 8.24. The van der Waals surface area contributed by atoms with Gasteiger partial charge in [0.05, 0.1) is 10.6 Å². The number of benzene rings is 1.